The molecule has 2 aliphatic rings. The van der Waals surface area contributed by atoms with E-state index in [1.807, 2.05) is 6.07 Å². The highest BCUT2D eigenvalue weighted by molar-refractivity contribution is 7.80. The maximum Gasteiger partial charge on any atom is 0.165 e. The molecule has 1 aromatic carbocycles. The normalized spacial score (nSPS) is 22.3. The van der Waals surface area contributed by atoms with Gasteiger partial charge in [0.05, 0.1) is 6.61 Å². The van der Waals surface area contributed by atoms with Gasteiger partial charge in [-0.2, -0.15) is 12.6 Å². The Morgan fingerprint density at radius 3 is 2.74 bits per heavy atom. The maximum absolute atomic E-state index is 6.07. The molecular weight excluding hydrogens is 256 g/mol. The number of fused-ring (bicyclic) bond motifs is 1. The van der Waals surface area contributed by atoms with Crippen molar-refractivity contribution in [3.63, 3.8) is 0 Å². The van der Waals surface area contributed by atoms with E-state index in [9.17, 15) is 0 Å². The summed E-state index contributed by atoms with van der Waals surface area (Å²) in [4.78, 5) is 0. The van der Waals surface area contributed by atoms with Gasteiger partial charge in [-0.15, -0.1) is 0 Å². The van der Waals surface area contributed by atoms with E-state index < -0.39 is 0 Å². The summed E-state index contributed by atoms with van der Waals surface area (Å²) in [6, 6.07) is 6.22. The van der Waals surface area contributed by atoms with E-state index in [0.29, 0.717) is 5.41 Å². The maximum atomic E-state index is 6.07. The van der Waals surface area contributed by atoms with E-state index >= 15 is 0 Å². The smallest absolute Gasteiger partial charge is 0.165 e. The Balaban J connectivity index is 1.75. The van der Waals surface area contributed by atoms with Crippen molar-refractivity contribution in [3.8, 4) is 11.5 Å². The standard InChI is InChI=1S/C16H22O2S/c1-15(2)9-12-5-3-6-13(14(12)18-15)17-10-16(11-19)7-4-8-16/h3,5-6,19H,4,7-11H2,1-2H3. The first-order valence-corrected chi connectivity index (χ1v) is 7.72. The molecule has 1 heterocycles. The molecular formula is C16H22O2S. The average Bonchev–Trinajstić information content (AvgIpc) is 2.63. The highest BCUT2D eigenvalue weighted by atomic mass is 32.1. The SMILES string of the molecule is CC1(C)Cc2cccc(OCC3(CS)CCC3)c2O1. The predicted molar refractivity (Wildman–Crippen MR) is 80.5 cm³/mol. The van der Waals surface area contributed by atoms with E-state index in [4.69, 9.17) is 9.47 Å². The molecule has 1 aliphatic heterocycles. The molecule has 1 aromatic rings. The highest BCUT2D eigenvalue weighted by Crippen LogP contribution is 2.45. The first-order valence-electron chi connectivity index (χ1n) is 7.08. The number of para-hydroxylation sites is 1. The van der Waals surface area contributed by atoms with Crippen molar-refractivity contribution < 1.29 is 9.47 Å². The minimum absolute atomic E-state index is 0.112. The van der Waals surface area contributed by atoms with Gasteiger partial charge in [0.25, 0.3) is 0 Å². The lowest BCUT2D eigenvalue weighted by atomic mass is 9.71. The number of hydrogen-bond acceptors (Lipinski definition) is 3. The molecule has 2 nitrogen and oxygen atoms in total. The van der Waals surface area contributed by atoms with Gasteiger partial charge in [-0.1, -0.05) is 18.6 Å². The molecule has 0 aromatic heterocycles. The molecule has 0 atom stereocenters. The molecule has 0 radical (unpaired) electrons. The van der Waals surface area contributed by atoms with E-state index in [2.05, 4.69) is 38.6 Å². The Labute approximate surface area is 120 Å². The minimum atomic E-state index is -0.112. The van der Waals surface area contributed by atoms with Gasteiger partial charge in [0.1, 0.15) is 5.60 Å². The fraction of sp³-hybridized carbons (Fsp3) is 0.625. The third-order valence-corrected chi connectivity index (χ3v) is 5.01. The summed E-state index contributed by atoms with van der Waals surface area (Å²) in [6.07, 6.45) is 4.73. The zero-order valence-corrected chi connectivity index (χ0v) is 12.6. The summed E-state index contributed by atoms with van der Waals surface area (Å²) < 4.78 is 12.1. The molecule has 1 aliphatic carbocycles. The van der Waals surface area contributed by atoms with Crippen LogP contribution in [0.1, 0.15) is 38.7 Å². The summed E-state index contributed by atoms with van der Waals surface area (Å²) in [5, 5.41) is 0. The Hall–Kier alpha value is -0.830. The van der Waals surface area contributed by atoms with Crippen LogP contribution in [-0.4, -0.2) is 18.0 Å². The van der Waals surface area contributed by atoms with Crippen LogP contribution in [0.4, 0.5) is 0 Å². The fourth-order valence-corrected chi connectivity index (χ4v) is 3.36. The van der Waals surface area contributed by atoms with Crippen molar-refractivity contribution in [2.45, 2.75) is 45.1 Å². The van der Waals surface area contributed by atoms with Crippen LogP contribution in [0.2, 0.25) is 0 Å². The largest absolute Gasteiger partial charge is 0.489 e. The lowest BCUT2D eigenvalue weighted by Gasteiger charge is -2.40. The molecule has 0 bridgehead atoms. The van der Waals surface area contributed by atoms with Crippen LogP contribution < -0.4 is 9.47 Å². The Bertz CT molecular complexity index is 472. The average molecular weight is 278 g/mol. The minimum Gasteiger partial charge on any atom is -0.489 e. The van der Waals surface area contributed by atoms with Crippen LogP contribution in [0.25, 0.3) is 0 Å². The molecule has 0 unspecified atom stereocenters. The van der Waals surface area contributed by atoms with Crippen molar-refractivity contribution in [2.24, 2.45) is 5.41 Å². The summed E-state index contributed by atoms with van der Waals surface area (Å²) in [7, 11) is 0. The third kappa shape index (κ3) is 2.45. The van der Waals surface area contributed by atoms with Gasteiger partial charge in [-0.3, -0.25) is 0 Å². The monoisotopic (exact) mass is 278 g/mol. The third-order valence-electron chi connectivity index (χ3n) is 4.34. The summed E-state index contributed by atoms with van der Waals surface area (Å²) in [5.41, 5.74) is 1.44. The van der Waals surface area contributed by atoms with E-state index in [0.717, 1.165) is 30.3 Å². The topological polar surface area (TPSA) is 18.5 Å². The van der Waals surface area contributed by atoms with Gasteiger partial charge >= 0.3 is 0 Å². The van der Waals surface area contributed by atoms with Crippen LogP contribution in [-0.2, 0) is 6.42 Å². The van der Waals surface area contributed by atoms with Crippen LogP contribution in [0.3, 0.4) is 0 Å². The van der Waals surface area contributed by atoms with Gasteiger partial charge in [0, 0.05) is 17.4 Å². The zero-order valence-electron chi connectivity index (χ0n) is 11.7. The Morgan fingerprint density at radius 2 is 2.11 bits per heavy atom. The summed E-state index contributed by atoms with van der Waals surface area (Å²) in [6.45, 7) is 5.01. The number of ether oxygens (including phenoxy) is 2. The molecule has 1 saturated carbocycles. The highest BCUT2D eigenvalue weighted by Gasteiger charge is 2.37. The van der Waals surface area contributed by atoms with Crippen molar-refractivity contribution >= 4 is 12.6 Å². The van der Waals surface area contributed by atoms with E-state index in [1.54, 1.807) is 0 Å². The van der Waals surface area contributed by atoms with Crippen molar-refractivity contribution in [3.05, 3.63) is 23.8 Å². The van der Waals surface area contributed by atoms with Crippen molar-refractivity contribution in [1.82, 2.24) is 0 Å². The summed E-state index contributed by atoms with van der Waals surface area (Å²) >= 11 is 4.48. The van der Waals surface area contributed by atoms with Crippen LogP contribution in [0.15, 0.2) is 18.2 Å². The second-order valence-corrected chi connectivity index (χ2v) is 6.90. The molecule has 0 saturated heterocycles. The zero-order chi connectivity index (χ0) is 13.5. The first-order chi connectivity index (χ1) is 9.04. The number of benzene rings is 1. The first kappa shape index (κ1) is 13.2. The van der Waals surface area contributed by atoms with E-state index in [-0.39, 0.29) is 5.60 Å². The molecule has 3 heteroatoms. The van der Waals surface area contributed by atoms with Crippen molar-refractivity contribution in [2.75, 3.05) is 12.4 Å². The van der Waals surface area contributed by atoms with Gasteiger partial charge in [0.2, 0.25) is 0 Å². The van der Waals surface area contributed by atoms with Crippen LogP contribution in [0.5, 0.6) is 11.5 Å². The lowest BCUT2D eigenvalue weighted by molar-refractivity contribution is 0.0763. The number of hydrogen-bond donors (Lipinski definition) is 1. The van der Waals surface area contributed by atoms with E-state index in [1.165, 1.54) is 24.8 Å². The van der Waals surface area contributed by atoms with Gasteiger partial charge < -0.3 is 9.47 Å². The molecule has 104 valence electrons. The number of thiol groups is 1. The van der Waals surface area contributed by atoms with Gasteiger partial charge in [-0.25, -0.2) is 0 Å². The Kier molecular flexibility index (Phi) is 3.20. The van der Waals surface area contributed by atoms with Crippen LogP contribution in [0, 0.1) is 5.41 Å². The predicted octanol–water partition coefficient (Wildman–Crippen LogP) is 3.88. The molecule has 0 amide bonds. The summed E-state index contributed by atoms with van der Waals surface area (Å²) in [5.74, 6) is 2.76. The van der Waals surface area contributed by atoms with Crippen molar-refractivity contribution in [1.29, 1.82) is 0 Å². The molecule has 19 heavy (non-hydrogen) atoms. The van der Waals surface area contributed by atoms with Gasteiger partial charge in [0.15, 0.2) is 11.5 Å². The molecule has 3 rings (SSSR count). The molecule has 1 fully saturated rings. The van der Waals surface area contributed by atoms with Crippen LogP contribution >= 0.6 is 12.6 Å². The van der Waals surface area contributed by atoms with Gasteiger partial charge in [-0.05, 0) is 38.5 Å². The second-order valence-electron chi connectivity index (χ2n) is 6.58. The quantitative estimate of drug-likeness (QED) is 0.843. The molecule has 0 spiro atoms. The fourth-order valence-electron chi connectivity index (χ4n) is 2.96. The Morgan fingerprint density at radius 1 is 1.32 bits per heavy atom. The molecule has 0 N–H and O–H groups in total. The lowest BCUT2D eigenvalue weighted by Crippen LogP contribution is -2.37. The number of rotatable bonds is 4. The second kappa shape index (κ2) is 4.62.